The lowest BCUT2D eigenvalue weighted by Crippen LogP contribution is -2.42. The van der Waals surface area contributed by atoms with Crippen molar-refractivity contribution in [1.29, 1.82) is 0 Å². The summed E-state index contributed by atoms with van der Waals surface area (Å²) in [6.07, 6.45) is -3.55. The van der Waals surface area contributed by atoms with Crippen LogP contribution in [0.2, 0.25) is 0 Å². The highest BCUT2D eigenvalue weighted by Gasteiger charge is 2.54. The third kappa shape index (κ3) is 1.89. The fourth-order valence-electron chi connectivity index (χ4n) is 0.124. The number of halogens is 6. The summed E-state index contributed by atoms with van der Waals surface area (Å²) in [5.74, 6) is 0. The summed E-state index contributed by atoms with van der Waals surface area (Å²) in [6.45, 7) is 0.289. The molecule has 0 saturated heterocycles. The first kappa shape index (κ1) is 10.3. The van der Waals surface area contributed by atoms with Crippen LogP contribution in [0.5, 0.6) is 0 Å². The highest BCUT2D eigenvalue weighted by atomic mass is 35.5. The van der Waals surface area contributed by atoms with Crippen LogP contribution >= 0.6 is 23.2 Å². The maximum Gasteiger partial charge on any atom is 0.296 e. The molecule has 0 aliphatic heterocycles. The molecule has 0 aromatic heterocycles. The van der Waals surface area contributed by atoms with Crippen LogP contribution in [-0.2, 0) is 0 Å². The van der Waals surface area contributed by atoms with E-state index in [1.165, 1.54) is 0 Å². The molecule has 0 aromatic rings. The van der Waals surface area contributed by atoms with Gasteiger partial charge in [0.15, 0.2) is 0 Å². The zero-order chi connectivity index (χ0) is 8.58. The predicted molar refractivity (Wildman–Crippen MR) is 31.1 cm³/mol. The first-order valence-electron chi connectivity index (χ1n) is 2.23. The molecule has 0 aliphatic rings. The van der Waals surface area contributed by atoms with Gasteiger partial charge in [-0.3, -0.25) is 0 Å². The third-order valence-electron chi connectivity index (χ3n) is 0.964. The van der Waals surface area contributed by atoms with Crippen LogP contribution in [0.15, 0.2) is 0 Å². The Morgan fingerprint density at radius 1 is 1.20 bits per heavy atom. The van der Waals surface area contributed by atoms with Crippen LogP contribution in [0.1, 0.15) is 6.92 Å². The molecule has 0 spiro atoms. The highest BCUT2D eigenvalue weighted by molar-refractivity contribution is 6.48. The summed E-state index contributed by atoms with van der Waals surface area (Å²) in [7, 11) is 0. The molecule has 0 radical (unpaired) electrons. The van der Waals surface area contributed by atoms with Crippen molar-refractivity contribution in [2.75, 3.05) is 0 Å². The van der Waals surface area contributed by atoms with Gasteiger partial charge in [0.05, 0.1) is 0 Å². The summed E-state index contributed by atoms with van der Waals surface area (Å²) >= 11 is 8.93. The lowest BCUT2D eigenvalue weighted by atomic mass is 10.2. The Bertz CT molecular complexity index is 117. The molecular weight excluding hydrogens is 195 g/mol. The summed E-state index contributed by atoms with van der Waals surface area (Å²) < 4.78 is 43.9. The average Bonchev–Trinajstić information content (AvgIpc) is 1.62. The molecule has 0 aliphatic carbocycles. The van der Waals surface area contributed by atoms with Crippen LogP contribution < -0.4 is 0 Å². The van der Waals surface area contributed by atoms with E-state index in [0.717, 1.165) is 0 Å². The lowest BCUT2D eigenvalue weighted by Gasteiger charge is -2.24. The normalized spacial score (nSPS) is 19.2. The molecular formula is C4H4Cl2F4. The molecule has 0 N–H and O–H groups in total. The molecule has 62 valence electrons. The van der Waals surface area contributed by atoms with Crippen LogP contribution in [0.4, 0.5) is 17.6 Å². The Labute approximate surface area is 65.1 Å². The van der Waals surface area contributed by atoms with Crippen LogP contribution in [0.25, 0.3) is 0 Å². The van der Waals surface area contributed by atoms with E-state index in [2.05, 4.69) is 23.2 Å². The molecule has 0 heterocycles. The second-order valence-corrected chi connectivity index (χ2v) is 3.11. The summed E-state index contributed by atoms with van der Waals surface area (Å²) in [5.41, 5.74) is -3.53. The standard InChI is InChI=1S/C4H4Cl2F4/c1-3(9,2(7)8)4(5,6)10/h2H,1H3. The maximum atomic E-state index is 12.3. The Balaban J connectivity index is 4.40. The molecule has 0 nitrogen and oxygen atoms in total. The number of rotatable bonds is 2. The van der Waals surface area contributed by atoms with Crippen LogP contribution in [-0.4, -0.2) is 16.7 Å². The smallest absolute Gasteiger partial charge is 0.231 e. The van der Waals surface area contributed by atoms with Crippen molar-refractivity contribution in [3.05, 3.63) is 0 Å². The second-order valence-electron chi connectivity index (χ2n) is 1.87. The zero-order valence-corrected chi connectivity index (χ0v) is 6.36. The highest BCUT2D eigenvalue weighted by Crippen LogP contribution is 2.42. The van der Waals surface area contributed by atoms with E-state index in [9.17, 15) is 17.6 Å². The molecule has 10 heavy (non-hydrogen) atoms. The van der Waals surface area contributed by atoms with E-state index in [-0.39, 0.29) is 6.92 Å². The lowest BCUT2D eigenvalue weighted by molar-refractivity contribution is -0.0608. The summed E-state index contributed by atoms with van der Waals surface area (Å²) in [6, 6.07) is 0. The van der Waals surface area contributed by atoms with E-state index in [1.54, 1.807) is 0 Å². The molecule has 1 unspecified atom stereocenters. The maximum absolute atomic E-state index is 12.3. The van der Waals surface area contributed by atoms with Gasteiger partial charge in [-0.15, -0.1) is 0 Å². The van der Waals surface area contributed by atoms with Crippen molar-refractivity contribution in [3.63, 3.8) is 0 Å². The van der Waals surface area contributed by atoms with Crippen LogP contribution in [0.3, 0.4) is 0 Å². The van der Waals surface area contributed by atoms with Gasteiger partial charge in [-0.05, 0) is 6.92 Å². The third-order valence-corrected chi connectivity index (χ3v) is 1.70. The zero-order valence-electron chi connectivity index (χ0n) is 4.85. The van der Waals surface area contributed by atoms with Crippen molar-refractivity contribution in [2.45, 2.75) is 23.6 Å². The largest absolute Gasteiger partial charge is 0.296 e. The first-order valence-corrected chi connectivity index (χ1v) is 2.99. The van der Waals surface area contributed by atoms with E-state index in [4.69, 9.17) is 0 Å². The average molecular weight is 199 g/mol. The molecule has 0 bridgehead atoms. The first-order chi connectivity index (χ1) is 4.19. The Kier molecular flexibility index (Phi) is 2.82. The van der Waals surface area contributed by atoms with Crippen molar-refractivity contribution in [1.82, 2.24) is 0 Å². The van der Waals surface area contributed by atoms with Crippen LogP contribution in [0, 0.1) is 0 Å². The number of alkyl halides is 6. The van der Waals surface area contributed by atoms with Gasteiger partial charge in [-0.2, -0.15) is 0 Å². The van der Waals surface area contributed by atoms with Crippen molar-refractivity contribution in [3.8, 4) is 0 Å². The van der Waals surface area contributed by atoms with Gasteiger partial charge >= 0.3 is 0 Å². The minimum absolute atomic E-state index is 0.289. The van der Waals surface area contributed by atoms with E-state index < -0.39 is 16.7 Å². The monoisotopic (exact) mass is 198 g/mol. The van der Waals surface area contributed by atoms with Gasteiger partial charge in [-0.1, -0.05) is 23.2 Å². The minimum Gasteiger partial charge on any atom is -0.231 e. The Morgan fingerprint density at radius 3 is 1.50 bits per heavy atom. The molecule has 1 atom stereocenters. The van der Waals surface area contributed by atoms with Gasteiger partial charge in [0.25, 0.3) is 11.0 Å². The molecule has 0 rings (SSSR count). The SMILES string of the molecule is CC(F)(C(F)F)C(F)(Cl)Cl. The molecule has 0 aromatic carbocycles. The van der Waals surface area contributed by atoms with Gasteiger partial charge in [-0.25, -0.2) is 17.6 Å². The minimum atomic E-state index is -3.55. The topological polar surface area (TPSA) is 0 Å². The van der Waals surface area contributed by atoms with Gasteiger partial charge in [0.2, 0.25) is 5.67 Å². The quantitative estimate of drug-likeness (QED) is 0.473. The fourth-order valence-corrected chi connectivity index (χ4v) is 0.289. The molecule has 0 amide bonds. The van der Waals surface area contributed by atoms with Crippen molar-refractivity contribution in [2.24, 2.45) is 0 Å². The number of hydrogen-bond acceptors (Lipinski definition) is 0. The summed E-state index contributed by atoms with van der Waals surface area (Å²) in [4.78, 5) is 0. The number of hydrogen-bond donors (Lipinski definition) is 0. The summed E-state index contributed by atoms with van der Waals surface area (Å²) in [5, 5.41) is 0. The van der Waals surface area contributed by atoms with Gasteiger partial charge in [0.1, 0.15) is 0 Å². The predicted octanol–water partition coefficient (Wildman–Crippen LogP) is 3.08. The molecule has 6 heteroatoms. The molecule has 0 saturated carbocycles. The van der Waals surface area contributed by atoms with Gasteiger partial charge < -0.3 is 0 Å². The molecule has 0 fully saturated rings. The van der Waals surface area contributed by atoms with E-state index >= 15 is 0 Å². The fraction of sp³-hybridized carbons (Fsp3) is 1.00. The van der Waals surface area contributed by atoms with Crippen molar-refractivity contribution < 1.29 is 17.6 Å². The van der Waals surface area contributed by atoms with Gasteiger partial charge in [0, 0.05) is 0 Å². The van der Waals surface area contributed by atoms with E-state index in [1.807, 2.05) is 0 Å². The second kappa shape index (κ2) is 2.74. The Morgan fingerprint density at radius 2 is 1.50 bits per heavy atom. The Hall–Kier alpha value is 0.300. The van der Waals surface area contributed by atoms with Crippen molar-refractivity contribution >= 4 is 23.2 Å². The van der Waals surface area contributed by atoms with E-state index in [0.29, 0.717) is 0 Å².